The van der Waals surface area contributed by atoms with Gasteiger partial charge in [0.05, 0.1) is 6.42 Å². The van der Waals surface area contributed by atoms with Gasteiger partial charge in [-0.3, -0.25) is 14.4 Å². The molecule has 0 aliphatic carbocycles. The molecule has 1 unspecified atom stereocenters. The molecule has 0 amide bonds. The Bertz CT molecular complexity index is 1500. The SMILES string of the molecule is CC/C=C\C/C=C\C/C=C\C/C=C\C/C=C\CC(=O)OC(COC(=O)CCCCCCC/C=C\C/C=C\CCCCC)COC(=O)CCCCCCCCCCCCCCCCCCCCCCCCCCCCCCCCC. The summed E-state index contributed by atoms with van der Waals surface area (Å²) < 4.78 is 16.8. The van der Waals surface area contributed by atoms with E-state index in [-0.39, 0.29) is 31.6 Å². The maximum atomic E-state index is 12.8. The van der Waals surface area contributed by atoms with Gasteiger partial charge in [-0.05, 0) is 77.0 Å². The van der Waals surface area contributed by atoms with Crippen LogP contribution in [-0.4, -0.2) is 37.2 Å². The number of ether oxygens (including phenoxy) is 3. The van der Waals surface area contributed by atoms with Gasteiger partial charge >= 0.3 is 17.9 Å². The van der Waals surface area contributed by atoms with Gasteiger partial charge in [-0.25, -0.2) is 0 Å². The Labute approximate surface area is 490 Å². The molecule has 6 heteroatoms. The third-order valence-electron chi connectivity index (χ3n) is 14.9. The van der Waals surface area contributed by atoms with Crippen molar-refractivity contribution in [3.05, 3.63) is 85.1 Å². The minimum atomic E-state index is -0.837. The van der Waals surface area contributed by atoms with Crippen LogP contribution in [-0.2, 0) is 28.6 Å². The summed E-state index contributed by atoms with van der Waals surface area (Å²) in [6, 6.07) is 0. The molecule has 0 fully saturated rings. The van der Waals surface area contributed by atoms with Crippen LogP contribution in [0.25, 0.3) is 0 Å². The first-order chi connectivity index (χ1) is 39.0. The minimum Gasteiger partial charge on any atom is -0.462 e. The lowest BCUT2D eigenvalue weighted by Crippen LogP contribution is -2.30. The summed E-state index contributed by atoms with van der Waals surface area (Å²) in [6.45, 7) is 6.44. The molecule has 6 nitrogen and oxygen atoms in total. The van der Waals surface area contributed by atoms with Crippen molar-refractivity contribution in [1.82, 2.24) is 0 Å². The zero-order valence-electron chi connectivity index (χ0n) is 52.4. The lowest BCUT2D eigenvalue weighted by Gasteiger charge is -2.18. The first kappa shape index (κ1) is 75.6. The number of rotatable bonds is 62. The van der Waals surface area contributed by atoms with Gasteiger partial charge in [0, 0.05) is 12.8 Å². The van der Waals surface area contributed by atoms with E-state index < -0.39 is 12.1 Å². The van der Waals surface area contributed by atoms with E-state index in [4.69, 9.17) is 14.2 Å². The van der Waals surface area contributed by atoms with E-state index >= 15 is 0 Å². The van der Waals surface area contributed by atoms with Crippen molar-refractivity contribution in [2.24, 2.45) is 0 Å². The van der Waals surface area contributed by atoms with Crippen LogP contribution < -0.4 is 0 Å². The minimum absolute atomic E-state index is 0.0948. The molecule has 0 saturated heterocycles. The van der Waals surface area contributed by atoms with Gasteiger partial charge in [-0.2, -0.15) is 0 Å². The molecule has 0 aliphatic heterocycles. The first-order valence-electron chi connectivity index (χ1n) is 34.1. The number of hydrogen-bond donors (Lipinski definition) is 0. The summed E-state index contributed by atoms with van der Waals surface area (Å²) in [4.78, 5) is 38.2. The normalized spacial score (nSPS) is 12.6. The first-order valence-corrected chi connectivity index (χ1v) is 34.1. The molecule has 0 N–H and O–H groups in total. The molecular formula is C73H128O6. The third kappa shape index (κ3) is 65.3. The summed E-state index contributed by atoms with van der Waals surface area (Å²) in [7, 11) is 0. The molecule has 0 spiro atoms. The highest BCUT2D eigenvalue weighted by Crippen LogP contribution is 2.18. The van der Waals surface area contributed by atoms with Crippen molar-refractivity contribution in [3.63, 3.8) is 0 Å². The van der Waals surface area contributed by atoms with Crippen molar-refractivity contribution in [1.29, 1.82) is 0 Å². The summed E-state index contributed by atoms with van der Waals surface area (Å²) in [5.74, 6) is -1.05. The molecular weight excluding hydrogens is 973 g/mol. The number of hydrogen-bond acceptors (Lipinski definition) is 6. The fraction of sp³-hybridized carbons (Fsp3) is 0.767. The zero-order valence-corrected chi connectivity index (χ0v) is 52.4. The number of esters is 3. The van der Waals surface area contributed by atoms with Crippen LogP contribution in [0.3, 0.4) is 0 Å². The monoisotopic (exact) mass is 1100 g/mol. The van der Waals surface area contributed by atoms with E-state index in [2.05, 4.69) is 93.7 Å². The van der Waals surface area contributed by atoms with Crippen molar-refractivity contribution in [2.45, 2.75) is 348 Å². The highest BCUT2D eigenvalue weighted by Gasteiger charge is 2.19. The van der Waals surface area contributed by atoms with Gasteiger partial charge in [0.2, 0.25) is 0 Å². The van der Waals surface area contributed by atoms with Gasteiger partial charge in [-0.15, -0.1) is 0 Å². The second-order valence-corrected chi connectivity index (χ2v) is 22.7. The summed E-state index contributed by atoms with van der Waals surface area (Å²) in [5.41, 5.74) is 0. The molecule has 0 rings (SSSR count). The van der Waals surface area contributed by atoms with E-state index in [1.54, 1.807) is 6.08 Å². The van der Waals surface area contributed by atoms with E-state index in [9.17, 15) is 14.4 Å². The van der Waals surface area contributed by atoms with Crippen LogP contribution >= 0.6 is 0 Å². The summed E-state index contributed by atoms with van der Waals surface area (Å²) in [5, 5.41) is 0. The van der Waals surface area contributed by atoms with E-state index in [1.807, 2.05) is 6.08 Å². The predicted octanol–water partition coefficient (Wildman–Crippen LogP) is 23.4. The van der Waals surface area contributed by atoms with Crippen LogP contribution in [0.15, 0.2) is 85.1 Å². The molecule has 0 aromatic carbocycles. The van der Waals surface area contributed by atoms with Gasteiger partial charge in [0.1, 0.15) is 13.2 Å². The van der Waals surface area contributed by atoms with E-state index in [1.165, 1.54) is 205 Å². The molecule has 1 atom stereocenters. The Kier molecular flexibility index (Phi) is 64.2. The molecule has 0 aromatic rings. The summed E-state index contributed by atoms with van der Waals surface area (Å²) >= 11 is 0. The van der Waals surface area contributed by atoms with E-state index in [0.29, 0.717) is 12.8 Å². The number of unbranched alkanes of at least 4 members (excludes halogenated alkanes) is 38. The highest BCUT2D eigenvalue weighted by molar-refractivity contribution is 5.72. The average Bonchev–Trinajstić information content (AvgIpc) is 3.45. The lowest BCUT2D eigenvalue weighted by atomic mass is 10.0. The maximum Gasteiger partial charge on any atom is 0.310 e. The molecule has 0 aliphatic rings. The maximum absolute atomic E-state index is 12.8. The molecule has 0 aromatic heterocycles. The van der Waals surface area contributed by atoms with Crippen LogP contribution in [0.1, 0.15) is 342 Å². The largest absolute Gasteiger partial charge is 0.462 e. The third-order valence-corrected chi connectivity index (χ3v) is 14.9. The van der Waals surface area contributed by atoms with Crippen molar-refractivity contribution in [2.75, 3.05) is 13.2 Å². The van der Waals surface area contributed by atoms with Crippen molar-refractivity contribution >= 4 is 17.9 Å². The van der Waals surface area contributed by atoms with Crippen molar-refractivity contribution < 1.29 is 28.6 Å². The Morgan fingerprint density at radius 1 is 0.278 bits per heavy atom. The Hall–Kier alpha value is -3.41. The second kappa shape index (κ2) is 67.1. The average molecular weight is 1100 g/mol. The fourth-order valence-electron chi connectivity index (χ4n) is 9.85. The molecule has 79 heavy (non-hydrogen) atoms. The van der Waals surface area contributed by atoms with E-state index in [0.717, 1.165) is 96.3 Å². The van der Waals surface area contributed by atoms with Gasteiger partial charge in [-0.1, -0.05) is 331 Å². The van der Waals surface area contributed by atoms with Gasteiger partial charge in [0.25, 0.3) is 0 Å². The lowest BCUT2D eigenvalue weighted by molar-refractivity contribution is -0.166. The second-order valence-electron chi connectivity index (χ2n) is 22.7. The summed E-state index contributed by atoms with van der Waals surface area (Å²) in [6.07, 6.45) is 89.4. The highest BCUT2D eigenvalue weighted by atomic mass is 16.6. The molecule has 0 bridgehead atoms. The Morgan fingerprint density at radius 2 is 0.532 bits per heavy atom. The van der Waals surface area contributed by atoms with Crippen LogP contribution in [0.4, 0.5) is 0 Å². The molecule has 0 heterocycles. The smallest absolute Gasteiger partial charge is 0.310 e. The molecule has 0 saturated carbocycles. The van der Waals surface area contributed by atoms with Gasteiger partial charge < -0.3 is 14.2 Å². The van der Waals surface area contributed by atoms with Crippen LogP contribution in [0, 0.1) is 0 Å². The van der Waals surface area contributed by atoms with Gasteiger partial charge in [0.15, 0.2) is 6.10 Å². The predicted molar refractivity (Wildman–Crippen MR) is 344 cm³/mol. The zero-order chi connectivity index (χ0) is 57.1. The molecule has 0 radical (unpaired) electrons. The number of carbonyl (C=O) groups is 3. The Morgan fingerprint density at radius 3 is 0.861 bits per heavy atom. The van der Waals surface area contributed by atoms with Crippen LogP contribution in [0.5, 0.6) is 0 Å². The number of allylic oxidation sites excluding steroid dienone is 13. The topological polar surface area (TPSA) is 78.9 Å². The quantitative estimate of drug-likeness (QED) is 0.0261. The fourth-order valence-corrected chi connectivity index (χ4v) is 9.85. The molecule has 456 valence electrons. The van der Waals surface area contributed by atoms with Crippen LogP contribution in [0.2, 0.25) is 0 Å². The Balaban J connectivity index is 4.22. The van der Waals surface area contributed by atoms with Crippen molar-refractivity contribution in [3.8, 4) is 0 Å². The number of carbonyl (C=O) groups excluding carboxylic acids is 3. The standard InChI is InChI=1S/C73H128O6/c1-4-7-10-13-16-19-22-25-28-29-30-31-32-33-34-35-36-37-38-39-40-41-42-43-46-48-51-54-57-60-63-66-72(75)78-69-70(79-73(76)67-64-61-58-55-52-49-45-27-24-21-18-15-12-9-6-3)68-77-71(74)65-62-59-56-53-50-47-44-26-23-20-17-14-11-8-5-2/h9,12,17-18,20-21,26-27,44-45,52,55,61,64,70H,4-8,10-11,13-16,19,22-25,28-43,46-51,53-54,56-60,62-63,65-69H2,1-3H3/b12-9-,20-17-,21-18-,44-26-,45-27-,55-52-,64-61-.